The maximum atomic E-state index is 7.41. The first-order valence-corrected chi connectivity index (χ1v) is 6.08. The first-order valence-electron chi connectivity index (χ1n) is 5.31. The second-order valence-corrected chi connectivity index (χ2v) is 5.13. The molecule has 82 valence electrons. The van der Waals surface area contributed by atoms with Gasteiger partial charge in [-0.1, -0.05) is 0 Å². The summed E-state index contributed by atoms with van der Waals surface area (Å²) in [5.74, 6) is 2.13. The van der Waals surface area contributed by atoms with E-state index >= 15 is 0 Å². The van der Waals surface area contributed by atoms with Crippen molar-refractivity contribution in [2.24, 2.45) is 11.7 Å². The largest absolute Gasteiger partial charge is 0.387 e. The maximum absolute atomic E-state index is 7.41. The number of amidine groups is 1. The minimum atomic E-state index is 0.293. The van der Waals surface area contributed by atoms with E-state index in [0.717, 1.165) is 36.5 Å². The lowest BCUT2D eigenvalue weighted by molar-refractivity contribution is 0.380. The topological polar surface area (TPSA) is 75.7 Å². The van der Waals surface area contributed by atoms with E-state index in [1.807, 2.05) is 6.92 Å². The number of hydrogen-bond donors (Lipinski definition) is 2. The Bertz CT molecular complexity index is 352. The number of nitrogens with two attached hydrogens (primary N) is 1. The zero-order valence-electron chi connectivity index (χ0n) is 8.86. The molecule has 5 heteroatoms. The van der Waals surface area contributed by atoms with Crippen LogP contribution in [-0.2, 0) is 0 Å². The van der Waals surface area contributed by atoms with E-state index in [9.17, 15) is 0 Å². The quantitative estimate of drug-likeness (QED) is 0.596. The standard InChI is InChI=1S/C10H16N4S/c1-6-13-10(14-15-6)8-4-2-7(3-5-8)9(11)12/h7-8H,2-5H2,1H3,(H3,11,12). The number of aromatic nitrogens is 2. The first-order chi connectivity index (χ1) is 7.16. The van der Waals surface area contributed by atoms with Gasteiger partial charge < -0.3 is 5.73 Å². The van der Waals surface area contributed by atoms with Gasteiger partial charge in [0.15, 0.2) is 0 Å². The van der Waals surface area contributed by atoms with Gasteiger partial charge in [0.25, 0.3) is 0 Å². The Hall–Kier alpha value is -0.970. The second-order valence-electron chi connectivity index (χ2n) is 4.18. The molecule has 1 aliphatic rings. The second kappa shape index (κ2) is 4.26. The van der Waals surface area contributed by atoms with E-state index in [1.54, 1.807) is 0 Å². The lowest BCUT2D eigenvalue weighted by atomic mass is 9.81. The fourth-order valence-corrected chi connectivity index (χ4v) is 2.69. The molecule has 3 N–H and O–H groups in total. The minimum absolute atomic E-state index is 0.293. The van der Waals surface area contributed by atoms with Crippen LogP contribution in [0.2, 0.25) is 0 Å². The summed E-state index contributed by atoms with van der Waals surface area (Å²) in [6.07, 6.45) is 4.16. The maximum Gasteiger partial charge on any atom is 0.145 e. The Balaban J connectivity index is 1.96. The van der Waals surface area contributed by atoms with Crippen LogP contribution in [0, 0.1) is 18.3 Å². The van der Waals surface area contributed by atoms with Crippen molar-refractivity contribution >= 4 is 17.4 Å². The van der Waals surface area contributed by atoms with Gasteiger partial charge in [0.2, 0.25) is 0 Å². The van der Waals surface area contributed by atoms with Crippen molar-refractivity contribution in [3.8, 4) is 0 Å². The zero-order chi connectivity index (χ0) is 10.8. The predicted molar refractivity (Wildman–Crippen MR) is 61.3 cm³/mol. The molecular formula is C10H16N4S. The fraction of sp³-hybridized carbons (Fsp3) is 0.700. The van der Waals surface area contributed by atoms with Gasteiger partial charge in [-0.3, -0.25) is 5.41 Å². The van der Waals surface area contributed by atoms with Crippen molar-refractivity contribution in [2.75, 3.05) is 0 Å². The molecular weight excluding hydrogens is 208 g/mol. The zero-order valence-corrected chi connectivity index (χ0v) is 9.68. The van der Waals surface area contributed by atoms with Crippen LogP contribution < -0.4 is 5.73 Å². The Kier molecular flexibility index (Phi) is 3.00. The molecule has 0 atom stereocenters. The van der Waals surface area contributed by atoms with E-state index in [2.05, 4.69) is 9.36 Å². The van der Waals surface area contributed by atoms with Gasteiger partial charge in [-0.2, -0.15) is 4.37 Å². The van der Waals surface area contributed by atoms with E-state index in [4.69, 9.17) is 11.1 Å². The molecule has 0 aromatic carbocycles. The SMILES string of the molecule is Cc1nc(C2CCC(C(=N)N)CC2)ns1. The summed E-state index contributed by atoms with van der Waals surface area (Å²) in [7, 11) is 0. The van der Waals surface area contributed by atoms with Crippen molar-refractivity contribution in [3.63, 3.8) is 0 Å². The summed E-state index contributed by atoms with van der Waals surface area (Å²) < 4.78 is 4.35. The lowest BCUT2D eigenvalue weighted by Crippen LogP contribution is -2.26. The molecule has 1 saturated carbocycles. The molecule has 0 bridgehead atoms. The molecule has 1 heterocycles. The average molecular weight is 224 g/mol. The third kappa shape index (κ3) is 2.34. The molecule has 0 amide bonds. The molecule has 0 unspecified atom stereocenters. The highest BCUT2D eigenvalue weighted by molar-refractivity contribution is 7.05. The Morgan fingerprint density at radius 3 is 2.53 bits per heavy atom. The fourth-order valence-electron chi connectivity index (χ4n) is 2.14. The van der Waals surface area contributed by atoms with Crippen LogP contribution in [-0.4, -0.2) is 15.2 Å². The van der Waals surface area contributed by atoms with E-state index in [1.165, 1.54) is 11.5 Å². The van der Waals surface area contributed by atoms with E-state index in [0.29, 0.717) is 17.7 Å². The smallest absolute Gasteiger partial charge is 0.145 e. The van der Waals surface area contributed by atoms with Crippen LogP contribution in [0.1, 0.15) is 42.4 Å². The van der Waals surface area contributed by atoms with Gasteiger partial charge in [0.1, 0.15) is 10.8 Å². The Morgan fingerprint density at radius 1 is 1.40 bits per heavy atom. The molecule has 0 spiro atoms. The lowest BCUT2D eigenvalue weighted by Gasteiger charge is -2.25. The summed E-state index contributed by atoms with van der Waals surface area (Å²) in [6, 6.07) is 0. The molecule has 4 nitrogen and oxygen atoms in total. The molecule has 0 saturated heterocycles. The van der Waals surface area contributed by atoms with E-state index in [-0.39, 0.29) is 0 Å². The van der Waals surface area contributed by atoms with Crippen molar-refractivity contribution in [3.05, 3.63) is 10.8 Å². The highest BCUT2D eigenvalue weighted by Gasteiger charge is 2.26. The van der Waals surface area contributed by atoms with Gasteiger partial charge in [0, 0.05) is 11.8 Å². The highest BCUT2D eigenvalue weighted by Crippen LogP contribution is 2.34. The minimum Gasteiger partial charge on any atom is -0.387 e. The molecule has 1 aromatic rings. The van der Waals surface area contributed by atoms with Crippen LogP contribution in [0.15, 0.2) is 0 Å². The van der Waals surface area contributed by atoms with Gasteiger partial charge in [-0.05, 0) is 44.1 Å². The molecule has 0 aliphatic heterocycles. The molecule has 0 radical (unpaired) electrons. The number of aryl methyl sites for hydroxylation is 1. The summed E-state index contributed by atoms with van der Waals surface area (Å²) in [6.45, 7) is 1.99. The van der Waals surface area contributed by atoms with Gasteiger partial charge in [0.05, 0.1) is 5.84 Å². The van der Waals surface area contributed by atoms with Crippen LogP contribution in [0.25, 0.3) is 0 Å². The monoisotopic (exact) mass is 224 g/mol. The summed E-state index contributed by atoms with van der Waals surface area (Å²) in [4.78, 5) is 4.43. The molecule has 1 aromatic heterocycles. The van der Waals surface area contributed by atoms with Crippen LogP contribution in [0.4, 0.5) is 0 Å². The van der Waals surface area contributed by atoms with Gasteiger partial charge in [-0.15, -0.1) is 0 Å². The highest BCUT2D eigenvalue weighted by atomic mass is 32.1. The number of hydrogen-bond acceptors (Lipinski definition) is 4. The van der Waals surface area contributed by atoms with Crippen LogP contribution >= 0.6 is 11.5 Å². The molecule has 15 heavy (non-hydrogen) atoms. The molecule has 1 aliphatic carbocycles. The Morgan fingerprint density at radius 2 is 2.07 bits per heavy atom. The first kappa shape index (κ1) is 10.5. The molecule has 1 fully saturated rings. The van der Waals surface area contributed by atoms with Crippen molar-refractivity contribution in [2.45, 2.75) is 38.5 Å². The van der Waals surface area contributed by atoms with E-state index < -0.39 is 0 Å². The average Bonchev–Trinajstić information content (AvgIpc) is 2.65. The number of nitrogens with zero attached hydrogens (tertiary/aromatic N) is 2. The van der Waals surface area contributed by atoms with Gasteiger partial charge >= 0.3 is 0 Å². The van der Waals surface area contributed by atoms with Crippen molar-refractivity contribution in [1.29, 1.82) is 5.41 Å². The third-order valence-corrected chi connectivity index (χ3v) is 3.71. The summed E-state index contributed by atoms with van der Waals surface area (Å²) >= 11 is 1.48. The predicted octanol–water partition coefficient (Wildman–Crippen LogP) is 2.06. The van der Waals surface area contributed by atoms with Crippen molar-refractivity contribution in [1.82, 2.24) is 9.36 Å². The Labute approximate surface area is 93.6 Å². The van der Waals surface area contributed by atoms with Gasteiger partial charge in [-0.25, -0.2) is 4.98 Å². The number of nitrogens with one attached hydrogen (secondary N) is 1. The normalized spacial score (nSPS) is 26.5. The van der Waals surface area contributed by atoms with Crippen LogP contribution in [0.3, 0.4) is 0 Å². The third-order valence-electron chi connectivity index (χ3n) is 3.08. The van der Waals surface area contributed by atoms with Crippen molar-refractivity contribution < 1.29 is 0 Å². The summed E-state index contributed by atoms with van der Waals surface area (Å²) in [5, 5.41) is 8.45. The molecule has 2 rings (SSSR count). The number of rotatable bonds is 2. The summed E-state index contributed by atoms with van der Waals surface area (Å²) in [5.41, 5.74) is 5.51. The van der Waals surface area contributed by atoms with Crippen LogP contribution in [0.5, 0.6) is 0 Å².